The maximum atomic E-state index is 12.4. The largest absolute Gasteiger partial charge is 0.352 e. The molecule has 0 bridgehead atoms. The Labute approximate surface area is 135 Å². The predicted molar refractivity (Wildman–Crippen MR) is 89.6 cm³/mol. The van der Waals surface area contributed by atoms with Crippen LogP contribution in [-0.2, 0) is 6.42 Å². The smallest absolute Gasteiger partial charge is 0.255 e. The number of amides is 1. The Hall–Kier alpha value is -1.69. The van der Waals surface area contributed by atoms with Crippen molar-refractivity contribution in [2.75, 3.05) is 6.54 Å². The average molecular weight is 320 g/mol. The van der Waals surface area contributed by atoms with E-state index in [1.165, 1.54) is 4.88 Å². The molecule has 0 aliphatic heterocycles. The zero-order valence-corrected chi connectivity index (χ0v) is 14.8. The Kier molecular flexibility index (Phi) is 5.34. The first kappa shape index (κ1) is 16.7. The number of hydrogen-bond donors (Lipinski definition) is 1. The van der Waals surface area contributed by atoms with Crippen molar-refractivity contribution in [2.24, 2.45) is 0 Å². The highest BCUT2D eigenvalue weighted by atomic mass is 32.1. The molecule has 2 heterocycles. The van der Waals surface area contributed by atoms with Gasteiger partial charge in [0.2, 0.25) is 0 Å². The third-order valence-corrected chi connectivity index (χ3v) is 4.75. The molecule has 0 spiro atoms. The van der Waals surface area contributed by atoms with Crippen LogP contribution in [0.25, 0.3) is 0 Å². The van der Waals surface area contributed by atoms with Gasteiger partial charge < -0.3 is 5.32 Å². The fraction of sp³-hybridized carbons (Fsp3) is 0.562. The summed E-state index contributed by atoms with van der Waals surface area (Å²) in [4.78, 5) is 17.9. The van der Waals surface area contributed by atoms with Crippen LogP contribution < -0.4 is 5.32 Å². The van der Waals surface area contributed by atoms with Crippen LogP contribution in [0.3, 0.4) is 0 Å². The molecule has 120 valence electrons. The lowest BCUT2D eigenvalue weighted by Gasteiger charge is -2.09. The molecule has 1 amide bonds. The lowest BCUT2D eigenvalue weighted by Crippen LogP contribution is -2.26. The molecule has 22 heavy (non-hydrogen) atoms. The molecule has 1 N–H and O–H groups in total. The molecule has 6 heteroatoms. The van der Waals surface area contributed by atoms with Crippen LogP contribution in [0.2, 0.25) is 0 Å². The standard InChI is InChI=1S/C16H24N4OS/c1-10(2)20-13(5)15(12(4)19-20)16(21)17-8-6-7-14-11(3)18-9-22-14/h9-10H,6-8H2,1-5H3,(H,17,21). The van der Waals surface area contributed by atoms with Crippen molar-refractivity contribution < 1.29 is 4.79 Å². The topological polar surface area (TPSA) is 59.8 Å². The molecule has 0 aliphatic rings. The highest BCUT2D eigenvalue weighted by molar-refractivity contribution is 7.09. The Morgan fingerprint density at radius 3 is 2.59 bits per heavy atom. The Morgan fingerprint density at radius 1 is 1.32 bits per heavy atom. The van der Waals surface area contributed by atoms with Crippen LogP contribution in [0.5, 0.6) is 0 Å². The number of thiazole rings is 1. The van der Waals surface area contributed by atoms with E-state index in [0.29, 0.717) is 12.1 Å². The predicted octanol–water partition coefficient (Wildman–Crippen LogP) is 3.21. The van der Waals surface area contributed by atoms with Crippen molar-refractivity contribution in [1.82, 2.24) is 20.1 Å². The molecular formula is C16H24N4OS. The van der Waals surface area contributed by atoms with Crippen LogP contribution in [-0.4, -0.2) is 27.2 Å². The number of rotatable bonds is 6. The summed E-state index contributed by atoms with van der Waals surface area (Å²) in [5.74, 6) is -0.0251. The van der Waals surface area contributed by atoms with E-state index in [-0.39, 0.29) is 11.9 Å². The highest BCUT2D eigenvalue weighted by Crippen LogP contribution is 2.17. The normalized spacial score (nSPS) is 11.2. The summed E-state index contributed by atoms with van der Waals surface area (Å²) < 4.78 is 1.91. The Bertz CT molecular complexity index is 657. The summed E-state index contributed by atoms with van der Waals surface area (Å²) in [6.07, 6.45) is 1.88. The van der Waals surface area contributed by atoms with Gasteiger partial charge >= 0.3 is 0 Å². The van der Waals surface area contributed by atoms with Gasteiger partial charge in [0.1, 0.15) is 0 Å². The van der Waals surface area contributed by atoms with Crippen LogP contribution >= 0.6 is 11.3 Å². The zero-order valence-electron chi connectivity index (χ0n) is 13.9. The zero-order chi connectivity index (χ0) is 16.3. The minimum absolute atomic E-state index is 0.0251. The number of carbonyl (C=O) groups is 1. The SMILES string of the molecule is Cc1ncsc1CCCNC(=O)c1c(C)nn(C(C)C)c1C. The van der Waals surface area contributed by atoms with Gasteiger partial charge in [0.15, 0.2) is 0 Å². The monoisotopic (exact) mass is 320 g/mol. The number of hydrogen-bond acceptors (Lipinski definition) is 4. The van der Waals surface area contributed by atoms with E-state index < -0.39 is 0 Å². The van der Waals surface area contributed by atoms with Gasteiger partial charge in [0, 0.05) is 23.2 Å². The maximum absolute atomic E-state index is 12.4. The summed E-state index contributed by atoms with van der Waals surface area (Å²) in [6.45, 7) is 10.7. The highest BCUT2D eigenvalue weighted by Gasteiger charge is 2.19. The van der Waals surface area contributed by atoms with Crippen molar-refractivity contribution in [3.63, 3.8) is 0 Å². The first-order valence-electron chi connectivity index (χ1n) is 7.64. The van der Waals surface area contributed by atoms with Gasteiger partial charge in [-0.1, -0.05) is 0 Å². The third kappa shape index (κ3) is 3.55. The molecule has 0 fully saturated rings. The number of carbonyl (C=O) groups excluding carboxylic acids is 1. The second-order valence-corrected chi connectivity index (χ2v) is 6.74. The Morgan fingerprint density at radius 2 is 2.05 bits per heavy atom. The van der Waals surface area contributed by atoms with E-state index in [4.69, 9.17) is 0 Å². The van der Waals surface area contributed by atoms with Crippen molar-refractivity contribution in [3.8, 4) is 0 Å². The minimum Gasteiger partial charge on any atom is -0.352 e. The van der Waals surface area contributed by atoms with Gasteiger partial charge in [-0.05, 0) is 47.5 Å². The second kappa shape index (κ2) is 7.05. The van der Waals surface area contributed by atoms with E-state index in [1.54, 1.807) is 11.3 Å². The maximum Gasteiger partial charge on any atom is 0.255 e. The van der Waals surface area contributed by atoms with E-state index in [2.05, 4.69) is 29.2 Å². The van der Waals surface area contributed by atoms with Crippen LogP contribution in [0, 0.1) is 20.8 Å². The van der Waals surface area contributed by atoms with Crippen molar-refractivity contribution in [2.45, 2.75) is 53.5 Å². The fourth-order valence-electron chi connectivity index (χ4n) is 2.60. The number of aryl methyl sites for hydroxylation is 3. The molecular weight excluding hydrogens is 296 g/mol. The molecule has 2 aromatic rings. The van der Waals surface area contributed by atoms with Gasteiger partial charge in [-0.25, -0.2) is 4.98 Å². The fourth-order valence-corrected chi connectivity index (χ4v) is 3.42. The molecule has 0 unspecified atom stereocenters. The molecule has 0 saturated carbocycles. The summed E-state index contributed by atoms with van der Waals surface area (Å²) in [5, 5.41) is 7.47. The van der Waals surface area contributed by atoms with Crippen LogP contribution in [0.4, 0.5) is 0 Å². The number of nitrogens with zero attached hydrogens (tertiary/aromatic N) is 3. The van der Waals surface area contributed by atoms with E-state index in [9.17, 15) is 4.79 Å². The van der Waals surface area contributed by atoms with Crippen LogP contribution in [0.15, 0.2) is 5.51 Å². The van der Waals surface area contributed by atoms with Gasteiger partial charge in [0.05, 0.1) is 22.5 Å². The molecule has 5 nitrogen and oxygen atoms in total. The summed E-state index contributed by atoms with van der Waals surface area (Å²) >= 11 is 1.68. The van der Waals surface area contributed by atoms with Gasteiger partial charge in [0.25, 0.3) is 5.91 Å². The van der Waals surface area contributed by atoms with E-state index in [0.717, 1.165) is 29.9 Å². The molecule has 0 aliphatic carbocycles. The first-order valence-corrected chi connectivity index (χ1v) is 8.52. The molecule has 2 aromatic heterocycles. The van der Waals surface area contributed by atoms with Crippen molar-refractivity contribution >= 4 is 17.2 Å². The minimum atomic E-state index is -0.0251. The number of nitrogens with one attached hydrogen (secondary N) is 1. The molecule has 0 radical (unpaired) electrons. The first-order chi connectivity index (χ1) is 10.4. The van der Waals surface area contributed by atoms with Crippen molar-refractivity contribution in [1.29, 1.82) is 0 Å². The quantitative estimate of drug-likeness (QED) is 0.831. The lowest BCUT2D eigenvalue weighted by molar-refractivity contribution is 0.0952. The second-order valence-electron chi connectivity index (χ2n) is 5.80. The van der Waals surface area contributed by atoms with Crippen LogP contribution in [0.1, 0.15) is 58.6 Å². The van der Waals surface area contributed by atoms with Gasteiger partial charge in [-0.3, -0.25) is 9.48 Å². The third-order valence-electron chi connectivity index (χ3n) is 3.75. The van der Waals surface area contributed by atoms with E-state index in [1.807, 2.05) is 31.0 Å². The lowest BCUT2D eigenvalue weighted by atomic mass is 10.1. The average Bonchev–Trinajstić information content (AvgIpc) is 2.98. The van der Waals surface area contributed by atoms with Gasteiger partial charge in [-0.15, -0.1) is 11.3 Å². The molecule has 0 aromatic carbocycles. The summed E-state index contributed by atoms with van der Waals surface area (Å²) in [6, 6.07) is 0.259. The van der Waals surface area contributed by atoms with Gasteiger partial charge in [-0.2, -0.15) is 5.10 Å². The van der Waals surface area contributed by atoms with E-state index >= 15 is 0 Å². The molecule has 0 saturated heterocycles. The Balaban J connectivity index is 1.91. The summed E-state index contributed by atoms with van der Waals surface area (Å²) in [7, 11) is 0. The summed E-state index contributed by atoms with van der Waals surface area (Å²) in [5.41, 5.74) is 5.41. The van der Waals surface area contributed by atoms with Crippen molar-refractivity contribution in [3.05, 3.63) is 33.0 Å². The number of aromatic nitrogens is 3. The molecule has 2 rings (SSSR count). The molecule has 0 atom stereocenters.